The van der Waals surface area contributed by atoms with Crippen molar-refractivity contribution < 1.29 is 4.74 Å². The first-order valence-electron chi connectivity index (χ1n) is 7.10. The fraction of sp³-hybridized carbons (Fsp3) is 0.333. The Kier molecular flexibility index (Phi) is 3.16. The van der Waals surface area contributed by atoms with Gasteiger partial charge in [0.25, 0.3) is 0 Å². The molecule has 0 amide bonds. The highest BCUT2D eigenvalue weighted by Crippen LogP contribution is 2.52. The number of hydrogen-bond acceptors (Lipinski definition) is 1. The molecule has 1 fully saturated rings. The molecule has 4 rings (SSSR count). The second-order valence-corrected chi connectivity index (χ2v) is 5.37. The number of rotatable bonds is 0. The largest absolute Gasteiger partial charge is 0.379 e. The van der Waals surface area contributed by atoms with E-state index >= 15 is 0 Å². The van der Waals surface area contributed by atoms with Crippen LogP contribution in [0.1, 0.15) is 31.4 Å². The van der Waals surface area contributed by atoms with Crippen LogP contribution in [-0.2, 0) is 10.2 Å². The molecule has 0 N–H and O–H groups in total. The van der Waals surface area contributed by atoms with Crippen molar-refractivity contribution in [3.63, 3.8) is 0 Å². The summed E-state index contributed by atoms with van der Waals surface area (Å²) in [5, 5.41) is 0. The molecular weight excluding hydrogens is 232 g/mol. The van der Waals surface area contributed by atoms with Crippen LogP contribution in [0.4, 0.5) is 0 Å². The van der Waals surface area contributed by atoms with E-state index in [9.17, 15) is 0 Å². The van der Waals surface area contributed by atoms with Crippen LogP contribution < -0.4 is 0 Å². The summed E-state index contributed by atoms with van der Waals surface area (Å²) < 4.78 is 5.47. The molecule has 1 aliphatic heterocycles. The van der Waals surface area contributed by atoms with Crippen LogP contribution in [0.25, 0.3) is 11.1 Å². The molecule has 1 saturated heterocycles. The highest BCUT2D eigenvalue weighted by molar-refractivity contribution is 5.81. The summed E-state index contributed by atoms with van der Waals surface area (Å²) in [4.78, 5) is 0. The van der Waals surface area contributed by atoms with E-state index in [4.69, 9.17) is 4.74 Å². The maximum absolute atomic E-state index is 5.47. The maximum Gasteiger partial charge on any atom is 0.0681 e. The van der Waals surface area contributed by atoms with Gasteiger partial charge in [-0.05, 0) is 22.3 Å². The topological polar surface area (TPSA) is 9.23 Å². The fourth-order valence-electron chi connectivity index (χ4n) is 3.03. The first-order chi connectivity index (χ1) is 9.33. The molecule has 2 aromatic carbocycles. The first kappa shape index (κ1) is 12.4. The SMILES string of the molecule is CCC.c1ccc2c(c1)-c1ccccc1C21COC1. The monoisotopic (exact) mass is 252 g/mol. The second kappa shape index (κ2) is 4.82. The Morgan fingerprint density at radius 1 is 0.842 bits per heavy atom. The zero-order valence-corrected chi connectivity index (χ0v) is 11.6. The van der Waals surface area contributed by atoms with E-state index in [-0.39, 0.29) is 5.41 Å². The highest BCUT2D eigenvalue weighted by atomic mass is 16.5. The lowest BCUT2D eigenvalue weighted by atomic mass is 9.76. The quantitative estimate of drug-likeness (QED) is 0.675. The van der Waals surface area contributed by atoms with E-state index in [1.807, 2.05) is 0 Å². The lowest BCUT2D eigenvalue weighted by Gasteiger charge is -2.40. The van der Waals surface area contributed by atoms with E-state index in [1.54, 1.807) is 0 Å². The van der Waals surface area contributed by atoms with E-state index in [0.717, 1.165) is 13.2 Å². The van der Waals surface area contributed by atoms with E-state index in [2.05, 4.69) is 62.4 Å². The van der Waals surface area contributed by atoms with Gasteiger partial charge in [-0.25, -0.2) is 0 Å². The Morgan fingerprint density at radius 3 is 1.63 bits per heavy atom. The van der Waals surface area contributed by atoms with Gasteiger partial charge < -0.3 is 4.74 Å². The van der Waals surface area contributed by atoms with Gasteiger partial charge in [0.05, 0.1) is 18.6 Å². The van der Waals surface area contributed by atoms with Gasteiger partial charge >= 0.3 is 0 Å². The third-order valence-electron chi connectivity index (χ3n) is 3.87. The minimum absolute atomic E-state index is 0.160. The predicted octanol–water partition coefficient (Wildman–Crippen LogP) is 4.40. The van der Waals surface area contributed by atoms with Gasteiger partial charge in [-0.2, -0.15) is 0 Å². The normalized spacial score (nSPS) is 16.9. The lowest BCUT2D eigenvalue weighted by Crippen LogP contribution is -2.46. The van der Waals surface area contributed by atoms with Crippen LogP contribution >= 0.6 is 0 Å². The van der Waals surface area contributed by atoms with Crippen LogP contribution in [0.2, 0.25) is 0 Å². The number of fused-ring (bicyclic) bond motifs is 5. The first-order valence-corrected chi connectivity index (χ1v) is 7.10. The summed E-state index contributed by atoms with van der Waals surface area (Å²) in [5.74, 6) is 0. The van der Waals surface area contributed by atoms with Gasteiger partial charge in [-0.15, -0.1) is 0 Å². The Balaban J connectivity index is 0.000000339. The molecule has 19 heavy (non-hydrogen) atoms. The molecule has 0 radical (unpaired) electrons. The van der Waals surface area contributed by atoms with Gasteiger partial charge in [-0.3, -0.25) is 0 Å². The van der Waals surface area contributed by atoms with Crippen molar-refractivity contribution in [3.05, 3.63) is 59.7 Å². The summed E-state index contributed by atoms with van der Waals surface area (Å²) in [6.07, 6.45) is 1.25. The molecule has 0 saturated carbocycles. The summed E-state index contributed by atoms with van der Waals surface area (Å²) in [6, 6.07) is 17.4. The van der Waals surface area contributed by atoms with Crippen LogP contribution in [0.5, 0.6) is 0 Å². The van der Waals surface area contributed by atoms with Gasteiger partial charge in [-0.1, -0.05) is 68.8 Å². The summed E-state index contributed by atoms with van der Waals surface area (Å²) in [7, 11) is 0. The Morgan fingerprint density at radius 2 is 1.26 bits per heavy atom. The van der Waals surface area contributed by atoms with E-state index in [0.29, 0.717) is 0 Å². The van der Waals surface area contributed by atoms with Crippen molar-refractivity contribution in [1.82, 2.24) is 0 Å². The Labute approximate surface area is 115 Å². The summed E-state index contributed by atoms with van der Waals surface area (Å²) >= 11 is 0. The molecule has 1 heterocycles. The van der Waals surface area contributed by atoms with Gasteiger partial charge in [0, 0.05) is 0 Å². The molecule has 1 aliphatic carbocycles. The molecule has 2 aliphatic rings. The van der Waals surface area contributed by atoms with Crippen molar-refractivity contribution in [2.45, 2.75) is 25.7 Å². The van der Waals surface area contributed by atoms with Crippen LogP contribution in [-0.4, -0.2) is 13.2 Å². The van der Waals surface area contributed by atoms with E-state index < -0.39 is 0 Å². The van der Waals surface area contributed by atoms with E-state index in [1.165, 1.54) is 28.7 Å². The van der Waals surface area contributed by atoms with Crippen molar-refractivity contribution in [2.75, 3.05) is 13.2 Å². The number of hydrogen-bond donors (Lipinski definition) is 0. The average molecular weight is 252 g/mol. The minimum atomic E-state index is 0.160. The molecule has 0 bridgehead atoms. The number of benzene rings is 2. The molecule has 98 valence electrons. The average Bonchev–Trinajstić information content (AvgIpc) is 2.70. The highest BCUT2D eigenvalue weighted by Gasteiger charge is 2.48. The predicted molar refractivity (Wildman–Crippen MR) is 79.4 cm³/mol. The zero-order chi connectivity index (χ0) is 13.3. The maximum atomic E-state index is 5.47. The van der Waals surface area contributed by atoms with Crippen LogP contribution in [0.15, 0.2) is 48.5 Å². The third-order valence-corrected chi connectivity index (χ3v) is 3.87. The van der Waals surface area contributed by atoms with Crippen molar-refractivity contribution in [2.24, 2.45) is 0 Å². The second-order valence-electron chi connectivity index (χ2n) is 5.37. The van der Waals surface area contributed by atoms with Crippen molar-refractivity contribution in [1.29, 1.82) is 0 Å². The standard InChI is InChI=1S/C15H12O.C3H8/c1-3-7-13-11(5-1)12-6-2-4-8-14(12)15(13)9-16-10-15;1-3-2/h1-8H,9-10H2;3H2,1-2H3. The molecule has 1 spiro atoms. The van der Waals surface area contributed by atoms with Crippen LogP contribution in [0.3, 0.4) is 0 Å². The zero-order valence-electron chi connectivity index (χ0n) is 11.6. The molecular formula is C18H20O. The molecule has 2 aromatic rings. The summed E-state index contributed by atoms with van der Waals surface area (Å²) in [6.45, 7) is 5.92. The van der Waals surface area contributed by atoms with Gasteiger partial charge in [0.15, 0.2) is 0 Å². The molecule has 0 atom stereocenters. The Hall–Kier alpha value is -1.60. The molecule has 1 heteroatoms. The molecule has 0 aromatic heterocycles. The summed E-state index contributed by atoms with van der Waals surface area (Å²) in [5.41, 5.74) is 5.83. The fourth-order valence-corrected chi connectivity index (χ4v) is 3.03. The third kappa shape index (κ3) is 1.73. The van der Waals surface area contributed by atoms with Crippen LogP contribution in [0, 0.1) is 0 Å². The lowest BCUT2D eigenvalue weighted by molar-refractivity contribution is -0.0357. The number of ether oxygens (including phenoxy) is 1. The smallest absolute Gasteiger partial charge is 0.0681 e. The Bertz CT molecular complexity index is 534. The van der Waals surface area contributed by atoms with Gasteiger partial charge in [0.2, 0.25) is 0 Å². The van der Waals surface area contributed by atoms with Gasteiger partial charge in [0.1, 0.15) is 0 Å². The van der Waals surface area contributed by atoms with Crippen molar-refractivity contribution >= 4 is 0 Å². The minimum Gasteiger partial charge on any atom is -0.379 e. The molecule has 0 unspecified atom stereocenters. The van der Waals surface area contributed by atoms with Crippen molar-refractivity contribution in [3.8, 4) is 11.1 Å². The molecule has 1 nitrogen and oxygen atoms in total.